The van der Waals surface area contributed by atoms with Gasteiger partial charge < -0.3 is 9.32 Å². The molecule has 0 bridgehead atoms. The van der Waals surface area contributed by atoms with Gasteiger partial charge in [0.2, 0.25) is 0 Å². The minimum absolute atomic E-state index is 0.107. The lowest BCUT2D eigenvalue weighted by atomic mass is 9.82. The Hall–Kier alpha value is -5.34. The standard InChI is InChI=1S/C41H29NO/c1-41(2)35-19-9-7-15-30(35)31-23-22-27(25-36(31)41)42(37-20-11-18-34-33-17-8-10-21-39(33)43-40(34)37)38-24-26-12-3-4-13-28(26)29-14-5-6-16-32(29)38/h3-25H,1-2H3. The first-order valence-electron chi connectivity index (χ1n) is 14.9. The maximum Gasteiger partial charge on any atom is 0.159 e. The third-order valence-electron chi connectivity index (χ3n) is 9.44. The van der Waals surface area contributed by atoms with Crippen molar-refractivity contribution in [2.45, 2.75) is 19.3 Å². The number of fused-ring (bicyclic) bond motifs is 9. The van der Waals surface area contributed by atoms with Crippen molar-refractivity contribution < 1.29 is 4.42 Å². The van der Waals surface area contributed by atoms with Gasteiger partial charge in [-0.15, -0.1) is 0 Å². The predicted molar refractivity (Wildman–Crippen MR) is 181 cm³/mol. The molecule has 204 valence electrons. The second-order valence-electron chi connectivity index (χ2n) is 12.2. The maximum atomic E-state index is 6.65. The highest BCUT2D eigenvalue weighted by molar-refractivity contribution is 6.16. The van der Waals surface area contributed by atoms with Crippen molar-refractivity contribution in [2.24, 2.45) is 0 Å². The van der Waals surface area contributed by atoms with Gasteiger partial charge in [-0.3, -0.25) is 0 Å². The Kier molecular flexibility index (Phi) is 4.99. The Morgan fingerprint density at radius 1 is 0.488 bits per heavy atom. The van der Waals surface area contributed by atoms with E-state index in [9.17, 15) is 0 Å². The largest absolute Gasteiger partial charge is 0.454 e. The Bertz CT molecular complexity index is 2390. The van der Waals surface area contributed by atoms with Gasteiger partial charge in [0.25, 0.3) is 0 Å². The molecule has 7 aromatic carbocycles. The van der Waals surface area contributed by atoms with Crippen LogP contribution < -0.4 is 4.90 Å². The second-order valence-corrected chi connectivity index (χ2v) is 12.2. The van der Waals surface area contributed by atoms with Crippen LogP contribution in [0.5, 0.6) is 0 Å². The molecule has 9 rings (SSSR count). The van der Waals surface area contributed by atoms with Gasteiger partial charge in [-0.2, -0.15) is 0 Å². The normalized spacial score (nSPS) is 13.5. The SMILES string of the molecule is CC1(C)c2ccccc2-c2ccc(N(c3cc4ccccc4c4ccccc34)c3cccc4c3oc3ccccc34)cc21. The number of hydrogen-bond donors (Lipinski definition) is 0. The molecule has 0 saturated carbocycles. The first kappa shape index (κ1) is 24.3. The van der Waals surface area contributed by atoms with Crippen LogP contribution in [0.25, 0.3) is 54.6 Å². The third-order valence-corrected chi connectivity index (χ3v) is 9.44. The van der Waals surface area contributed by atoms with Crippen LogP contribution in [-0.2, 0) is 5.41 Å². The highest BCUT2D eigenvalue weighted by Gasteiger charge is 2.36. The molecule has 1 heterocycles. The van der Waals surface area contributed by atoms with Crippen molar-refractivity contribution in [2.75, 3.05) is 4.90 Å². The summed E-state index contributed by atoms with van der Waals surface area (Å²) in [6.45, 7) is 4.69. The maximum absolute atomic E-state index is 6.65. The topological polar surface area (TPSA) is 16.4 Å². The van der Waals surface area contributed by atoms with Gasteiger partial charge in [-0.05, 0) is 68.7 Å². The van der Waals surface area contributed by atoms with E-state index in [0.29, 0.717) is 0 Å². The van der Waals surface area contributed by atoms with Crippen LogP contribution in [0.15, 0.2) is 144 Å². The molecule has 0 spiro atoms. The van der Waals surface area contributed by atoms with Crippen molar-refractivity contribution in [3.05, 3.63) is 151 Å². The zero-order chi connectivity index (χ0) is 28.7. The van der Waals surface area contributed by atoms with E-state index in [1.54, 1.807) is 0 Å². The number of furan rings is 1. The fraction of sp³-hybridized carbons (Fsp3) is 0.0732. The highest BCUT2D eigenvalue weighted by Crippen LogP contribution is 2.52. The van der Waals surface area contributed by atoms with Gasteiger partial charge in [-0.25, -0.2) is 0 Å². The third kappa shape index (κ3) is 3.41. The van der Waals surface area contributed by atoms with E-state index >= 15 is 0 Å². The van der Waals surface area contributed by atoms with Crippen molar-refractivity contribution >= 4 is 60.5 Å². The molecule has 2 heteroatoms. The lowest BCUT2D eigenvalue weighted by Gasteiger charge is -2.29. The average molecular weight is 552 g/mol. The molecule has 0 atom stereocenters. The molecule has 0 N–H and O–H groups in total. The predicted octanol–water partition coefficient (Wildman–Crippen LogP) is 11.7. The minimum Gasteiger partial charge on any atom is -0.454 e. The van der Waals surface area contributed by atoms with Crippen LogP contribution in [-0.4, -0.2) is 0 Å². The monoisotopic (exact) mass is 551 g/mol. The van der Waals surface area contributed by atoms with Gasteiger partial charge in [-0.1, -0.05) is 123 Å². The van der Waals surface area contributed by atoms with Crippen molar-refractivity contribution in [1.82, 2.24) is 0 Å². The van der Waals surface area contributed by atoms with Gasteiger partial charge in [0.05, 0.1) is 11.4 Å². The van der Waals surface area contributed by atoms with E-state index in [0.717, 1.165) is 39.0 Å². The summed E-state index contributed by atoms with van der Waals surface area (Å²) in [5, 5.41) is 7.18. The van der Waals surface area contributed by atoms with Gasteiger partial charge >= 0.3 is 0 Å². The number of para-hydroxylation sites is 2. The molecule has 1 aliphatic carbocycles. The average Bonchev–Trinajstić information content (AvgIpc) is 3.54. The lowest BCUT2D eigenvalue weighted by Crippen LogP contribution is -2.16. The van der Waals surface area contributed by atoms with Crippen LogP contribution in [0.2, 0.25) is 0 Å². The quantitative estimate of drug-likeness (QED) is 0.203. The summed E-state index contributed by atoms with van der Waals surface area (Å²) < 4.78 is 6.65. The first-order valence-corrected chi connectivity index (χ1v) is 14.9. The van der Waals surface area contributed by atoms with E-state index in [1.165, 1.54) is 43.8 Å². The molecule has 0 unspecified atom stereocenters. The minimum atomic E-state index is -0.107. The van der Waals surface area contributed by atoms with Crippen molar-refractivity contribution in [3.63, 3.8) is 0 Å². The summed E-state index contributed by atoms with van der Waals surface area (Å²) in [7, 11) is 0. The number of anilines is 3. The van der Waals surface area contributed by atoms with E-state index in [-0.39, 0.29) is 5.41 Å². The van der Waals surface area contributed by atoms with Crippen LogP contribution >= 0.6 is 0 Å². The number of rotatable bonds is 3. The summed E-state index contributed by atoms with van der Waals surface area (Å²) in [4.78, 5) is 2.42. The molecular formula is C41H29NO. The molecule has 0 radical (unpaired) electrons. The Morgan fingerprint density at radius 3 is 2.05 bits per heavy atom. The fourth-order valence-corrected chi connectivity index (χ4v) is 7.37. The zero-order valence-corrected chi connectivity index (χ0v) is 24.1. The summed E-state index contributed by atoms with van der Waals surface area (Å²) in [6.07, 6.45) is 0. The molecule has 2 nitrogen and oxygen atoms in total. The number of benzene rings is 7. The number of nitrogens with zero attached hydrogens (tertiary/aromatic N) is 1. The van der Waals surface area contributed by atoms with E-state index < -0.39 is 0 Å². The summed E-state index contributed by atoms with van der Waals surface area (Å²) in [5.74, 6) is 0. The summed E-state index contributed by atoms with van der Waals surface area (Å²) in [6, 6.07) is 50.5. The van der Waals surface area contributed by atoms with Crippen LogP contribution in [0.3, 0.4) is 0 Å². The van der Waals surface area contributed by atoms with Crippen LogP contribution in [0.1, 0.15) is 25.0 Å². The Morgan fingerprint density at radius 2 is 1.16 bits per heavy atom. The second kappa shape index (κ2) is 8.83. The molecule has 1 aliphatic rings. The smallest absolute Gasteiger partial charge is 0.159 e. The molecule has 1 aromatic heterocycles. The highest BCUT2D eigenvalue weighted by atomic mass is 16.3. The van der Waals surface area contributed by atoms with Gasteiger partial charge in [0.15, 0.2) is 5.58 Å². The summed E-state index contributed by atoms with van der Waals surface area (Å²) in [5.41, 5.74) is 10.3. The van der Waals surface area contributed by atoms with E-state index in [2.05, 4.69) is 152 Å². The van der Waals surface area contributed by atoms with Gasteiger partial charge in [0.1, 0.15) is 5.58 Å². The molecule has 0 aliphatic heterocycles. The number of hydrogen-bond acceptors (Lipinski definition) is 2. The zero-order valence-electron chi connectivity index (χ0n) is 24.1. The molecule has 0 saturated heterocycles. The van der Waals surface area contributed by atoms with Crippen LogP contribution in [0, 0.1) is 0 Å². The Balaban J connectivity index is 1.39. The fourth-order valence-electron chi connectivity index (χ4n) is 7.37. The molecule has 0 fully saturated rings. The first-order chi connectivity index (χ1) is 21.1. The molecule has 0 amide bonds. The summed E-state index contributed by atoms with van der Waals surface area (Å²) >= 11 is 0. The van der Waals surface area contributed by atoms with Gasteiger partial charge in [0, 0.05) is 27.3 Å². The van der Waals surface area contributed by atoms with Crippen molar-refractivity contribution in [1.29, 1.82) is 0 Å². The van der Waals surface area contributed by atoms with E-state index in [4.69, 9.17) is 4.42 Å². The lowest BCUT2D eigenvalue weighted by molar-refractivity contribution is 0.660. The molecule has 8 aromatic rings. The van der Waals surface area contributed by atoms with Crippen molar-refractivity contribution in [3.8, 4) is 11.1 Å². The van der Waals surface area contributed by atoms with E-state index in [1.807, 2.05) is 6.07 Å². The molecular weight excluding hydrogens is 522 g/mol. The van der Waals surface area contributed by atoms with Crippen LogP contribution in [0.4, 0.5) is 17.1 Å². The Labute approximate surface area is 250 Å². The molecule has 43 heavy (non-hydrogen) atoms.